The van der Waals surface area contributed by atoms with Crippen molar-refractivity contribution in [1.82, 2.24) is 4.98 Å². The van der Waals surface area contributed by atoms with Crippen molar-refractivity contribution in [1.29, 1.82) is 0 Å². The summed E-state index contributed by atoms with van der Waals surface area (Å²) >= 11 is 0. The molecule has 1 aromatic heterocycles. The first-order valence-corrected chi connectivity index (χ1v) is 11.5. The summed E-state index contributed by atoms with van der Waals surface area (Å²) in [7, 11) is 0. The van der Waals surface area contributed by atoms with Gasteiger partial charge in [0.05, 0.1) is 11.3 Å². The number of aryl methyl sites for hydroxylation is 2. The molecule has 3 nitrogen and oxygen atoms in total. The van der Waals surface area contributed by atoms with E-state index in [1.54, 1.807) is 5.56 Å². The molecule has 0 atom stereocenters. The smallest absolute Gasteiger partial charge is 0.155 e. The molecule has 0 spiro atoms. The number of fused-ring (bicyclic) bond motifs is 3. The van der Waals surface area contributed by atoms with Crippen LogP contribution in [0, 0.1) is 25.8 Å². The summed E-state index contributed by atoms with van der Waals surface area (Å²) in [5, 5.41) is 9.72. The number of carbonyl (C=O) groups is 1. The Labute approximate surface area is 210 Å². The van der Waals surface area contributed by atoms with Gasteiger partial charge in [0, 0.05) is 31.6 Å². The van der Waals surface area contributed by atoms with Crippen molar-refractivity contribution in [3.8, 4) is 11.3 Å². The van der Waals surface area contributed by atoms with E-state index in [0.29, 0.717) is 5.41 Å². The summed E-state index contributed by atoms with van der Waals surface area (Å²) in [6, 6.07) is 19.0. The predicted octanol–water partition coefficient (Wildman–Crippen LogP) is 7.19. The number of allylic oxidation sites excluding steroid dienone is 2. The molecule has 5 rings (SSSR count). The Kier molecular flexibility index (Phi) is 7.92. The standard InChI is InChI=1S/C24H24N.C5H8O2.Ir/c1-16-12-17(2)14-19(13-16)22-7-6-20-21(4-3-5-23(20)25-22)24-10-8-18(15-24)9-11-24;1-4(6)3-5(2)7;/h3-7,12-13,18H,8-11,15H2,1-2H3;3,6H,1-2H3;/q-1;;/b;4-3-;. The van der Waals surface area contributed by atoms with E-state index in [9.17, 15) is 4.79 Å². The van der Waals surface area contributed by atoms with E-state index in [-0.39, 0.29) is 31.6 Å². The van der Waals surface area contributed by atoms with E-state index in [2.05, 4.69) is 62.4 Å². The third kappa shape index (κ3) is 5.62. The molecule has 0 saturated heterocycles. The first kappa shape index (κ1) is 25.3. The number of nitrogens with zero attached hydrogens (tertiary/aromatic N) is 1. The molecule has 33 heavy (non-hydrogen) atoms. The summed E-state index contributed by atoms with van der Waals surface area (Å²) in [5.41, 5.74) is 7.69. The van der Waals surface area contributed by atoms with Crippen molar-refractivity contribution >= 4 is 16.7 Å². The van der Waals surface area contributed by atoms with Crippen LogP contribution in [0.15, 0.2) is 54.3 Å². The maximum atomic E-state index is 10.0. The van der Waals surface area contributed by atoms with Gasteiger partial charge < -0.3 is 5.11 Å². The van der Waals surface area contributed by atoms with E-state index >= 15 is 0 Å². The fraction of sp³-hybridized carbons (Fsp3) is 0.379. The monoisotopic (exact) mass is 619 g/mol. The van der Waals surface area contributed by atoms with Crippen LogP contribution in [0.5, 0.6) is 0 Å². The predicted molar refractivity (Wildman–Crippen MR) is 131 cm³/mol. The van der Waals surface area contributed by atoms with Crippen LogP contribution in [0.1, 0.15) is 62.6 Å². The molecule has 1 radical (unpaired) electrons. The molecule has 1 N–H and O–H groups in total. The Morgan fingerprint density at radius 3 is 2.39 bits per heavy atom. The molecule has 4 heteroatoms. The Morgan fingerprint density at radius 2 is 1.85 bits per heavy atom. The number of carbonyl (C=O) groups excluding carboxylic acids is 1. The van der Waals surface area contributed by atoms with E-state index in [0.717, 1.165) is 22.7 Å². The number of rotatable bonds is 3. The van der Waals surface area contributed by atoms with Gasteiger partial charge in [0.2, 0.25) is 0 Å². The van der Waals surface area contributed by atoms with E-state index < -0.39 is 0 Å². The third-order valence-electron chi connectivity index (χ3n) is 6.88. The molecule has 3 aromatic rings. The summed E-state index contributed by atoms with van der Waals surface area (Å²) in [6.45, 7) is 7.09. The zero-order valence-corrected chi connectivity index (χ0v) is 22.3. The maximum absolute atomic E-state index is 10.0. The maximum Gasteiger partial charge on any atom is 0.155 e. The van der Waals surface area contributed by atoms with Crippen LogP contribution in [0.2, 0.25) is 0 Å². The van der Waals surface area contributed by atoms with Crippen LogP contribution < -0.4 is 0 Å². The van der Waals surface area contributed by atoms with Gasteiger partial charge in [-0.05, 0) is 74.6 Å². The van der Waals surface area contributed by atoms with Crippen LogP contribution in [-0.2, 0) is 30.3 Å². The Bertz CT molecular complexity index is 1170. The number of benzene rings is 2. The summed E-state index contributed by atoms with van der Waals surface area (Å²) in [5.74, 6) is 0.903. The van der Waals surface area contributed by atoms with Gasteiger partial charge in [-0.1, -0.05) is 38.1 Å². The number of aliphatic hydroxyl groups is 1. The second-order valence-electron chi connectivity index (χ2n) is 9.65. The van der Waals surface area contributed by atoms with Gasteiger partial charge in [-0.15, -0.1) is 34.9 Å². The van der Waals surface area contributed by atoms with Gasteiger partial charge in [0.15, 0.2) is 5.78 Å². The van der Waals surface area contributed by atoms with Crippen LogP contribution in [-0.4, -0.2) is 15.9 Å². The average Bonchev–Trinajstić information content (AvgIpc) is 3.34. The molecule has 2 fully saturated rings. The Morgan fingerprint density at radius 1 is 1.12 bits per heavy atom. The minimum atomic E-state index is -0.125. The largest absolute Gasteiger partial charge is 0.512 e. The van der Waals surface area contributed by atoms with E-state index in [4.69, 9.17) is 10.1 Å². The van der Waals surface area contributed by atoms with Crippen molar-refractivity contribution in [2.75, 3.05) is 0 Å². The van der Waals surface area contributed by atoms with Gasteiger partial charge in [-0.25, -0.2) is 0 Å². The van der Waals surface area contributed by atoms with E-state index in [1.165, 1.54) is 68.5 Å². The summed E-state index contributed by atoms with van der Waals surface area (Å²) in [6.07, 6.45) is 8.12. The van der Waals surface area contributed by atoms with Crippen LogP contribution >= 0.6 is 0 Å². The summed E-state index contributed by atoms with van der Waals surface area (Å²) in [4.78, 5) is 15.0. The number of aromatic nitrogens is 1. The molecular weight excluding hydrogens is 587 g/mol. The first-order chi connectivity index (χ1) is 15.3. The fourth-order valence-electron chi connectivity index (χ4n) is 5.67. The fourth-order valence-corrected chi connectivity index (χ4v) is 5.67. The van der Waals surface area contributed by atoms with Crippen LogP contribution in [0.3, 0.4) is 0 Å². The van der Waals surface area contributed by atoms with Crippen LogP contribution in [0.4, 0.5) is 0 Å². The average molecular weight is 619 g/mol. The molecule has 2 saturated carbocycles. The van der Waals surface area contributed by atoms with Gasteiger partial charge in [-0.2, -0.15) is 0 Å². The van der Waals surface area contributed by atoms with Crippen molar-refractivity contribution in [3.05, 3.63) is 77.1 Å². The molecule has 1 heterocycles. The second kappa shape index (κ2) is 10.3. The zero-order chi connectivity index (χ0) is 22.9. The summed E-state index contributed by atoms with van der Waals surface area (Å²) < 4.78 is 0. The zero-order valence-electron chi connectivity index (χ0n) is 19.9. The van der Waals surface area contributed by atoms with Gasteiger partial charge in [0.1, 0.15) is 0 Å². The quantitative estimate of drug-likeness (QED) is 0.192. The van der Waals surface area contributed by atoms with Crippen molar-refractivity contribution < 1.29 is 30.0 Å². The number of hydrogen-bond donors (Lipinski definition) is 1. The Hall–Kier alpha value is -2.29. The van der Waals surface area contributed by atoms with Gasteiger partial charge in [0.25, 0.3) is 0 Å². The first-order valence-electron chi connectivity index (χ1n) is 11.5. The number of aliphatic hydroxyl groups excluding tert-OH is 1. The van der Waals surface area contributed by atoms with Crippen molar-refractivity contribution in [2.24, 2.45) is 5.92 Å². The minimum absolute atomic E-state index is 0. The topological polar surface area (TPSA) is 50.2 Å². The molecule has 2 aliphatic rings. The molecule has 2 aliphatic carbocycles. The molecule has 175 valence electrons. The van der Waals surface area contributed by atoms with E-state index in [1.807, 2.05) is 0 Å². The number of ketones is 1. The SMILES string of the molecule is CC(=O)/C=C(/C)O.Cc1[c-]c(-c2ccc3c(C45CCC(CC4)C5)cccc3n2)cc(C)c1.[Ir]. The Balaban J connectivity index is 0.000000337. The third-order valence-corrected chi connectivity index (χ3v) is 6.88. The second-order valence-corrected chi connectivity index (χ2v) is 9.65. The molecule has 0 unspecified atom stereocenters. The van der Waals surface area contributed by atoms with Crippen molar-refractivity contribution in [2.45, 2.75) is 65.2 Å². The molecule has 0 amide bonds. The molecule has 2 bridgehead atoms. The molecule has 0 aliphatic heterocycles. The van der Waals surface area contributed by atoms with Crippen LogP contribution in [0.25, 0.3) is 22.2 Å². The minimum Gasteiger partial charge on any atom is -0.512 e. The van der Waals surface area contributed by atoms with Crippen molar-refractivity contribution in [3.63, 3.8) is 0 Å². The van der Waals surface area contributed by atoms with Gasteiger partial charge in [-0.3, -0.25) is 9.78 Å². The molecule has 2 aromatic carbocycles. The van der Waals surface area contributed by atoms with Gasteiger partial charge >= 0.3 is 0 Å². The number of hydrogen-bond acceptors (Lipinski definition) is 3. The normalized spacial score (nSPS) is 21.3. The molecular formula is C29H32IrNO2-. The number of pyridine rings is 1.